The number of anilines is 3. The largest absolute Gasteiger partial charge is 0.434 e. The maximum absolute atomic E-state index is 12.5. The van der Waals surface area contributed by atoms with Crippen LogP contribution >= 0.6 is 0 Å². The molecule has 3 aromatic carbocycles. The number of hydrogen-bond donors (Lipinski definition) is 3. The second-order valence-electron chi connectivity index (χ2n) is 7.53. The Labute approximate surface area is 197 Å². The van der Waals surface area contributed by atoms with Crippen LogP contribution in [-0.4, -0.2) is 25.0 Å². The molecular formula is C26H27F2N3O3. The number of alkyl halides is 2. The maximum atomic E-state index is 12.5. The Kier molecular flexibility index (Phi) is 9.40. The van der Waals surface area contributed by atoms with E-state index in [9.17, 15) is 18.4 Å². The number of unbranched alkanes of at least 4 members (excludes halogenated alkanes) is 2. The summed E-state index contributed by atoms with van der Waals surface area (Å²) in [6.45, 7) is -2.63. The minimum absolute atomic E-state index is 0.0601. The highest BCUT2D eigenvalue weighted by Gasteiger charge is 2.14. The Morgan fingerprint density at radius 3 is 2.24 bits per heavy atom. The van der Waals surface area contributed by atoms with E-state index in [1.54, 1.807) is 6.07 Å². The third kappa shape index (κ3) is 7.88. The predicted octanol–water partition coefficient (Wildman–Crippen LogP) is 5.96. The fourth-order valence-corrected chi connectivity index (χ4v) is 3.33. The summed E-state index contributed by atoms with van der Waals surface area (Å²) < 4.78 is 29.4. The van der Waals surface area contributed by atoms with Crippen LogP contribution in [0.25, 0.3) is 0 Å². The number of nitrogens with one attached hydrogen (secondary N) is 3. The number of hydrogen-bond acceptors (Lipinski definition) is 4. The van der Waals surface area contributed by atoms with Crippen molar-refractivity contribution in [3.63, 3.8) is 0 Å². The number of benzene rings is 3. The summed E-state index contributed by atoms with van der Waals surface area (Å²) in [5, 5.41) is 8.93. The molecule has 0 aliphatic carbocycles. The molecule has 2 amide bonds. The van der Waals surface area contributed by atoms with Gasteiger partial charge in [0.25, 0.3) is 5.91 Å². The summed E-state index contributed by atoms with van der Waals surface area (Å²) >= 11 is 0. The van der Waals surface area contributed by atoms with Crippen LogP contribution in [0, 0.1) is 0 Å². The lowest BCUT2D eigenvalue weighted by Gasteiger charge is -2.13. The zero-order valence-electron chi connectivity index (χ0n) is 18.6. The SMILES string of the molecule is O=C(CCCCCNC(=O)c1ccccc1OC(F)F)Nc1ccccc1Nc1ccccc1. The Hall–Kier alpha value is -3.94. The van der Waals surface area contributed by atoms with Gasteiger partial charge in [0.05, 0.1) is 16.9 Å². The Morgan fingerprint density at radius 1 is 0.794 bits per heavy atom. The van der Waals surface area contributed by atoms with Crippen molar-refractivity contribution in [2.45, 2.75) is 32.3 Å². The zero-order valence-corrected chi connectivity index (χ0v) is 18.6. The van der Waals surface area contributed by atoms with Crippen LogP contribution in [-0.2, 0) is 4.79 Å². The number of rotatable bonds is 12. The first-order valence-electron chi connectivity index (χ1n) is 11.1. The molecule has 3 rings (SSSR count). The van der Waals surface area contributed by atoms with E-state index in [1.807, 2.05) is 54.6 Å². The highest BCUT2D eigenvalue weighted by atomic mass is 19.3. The molecule has 34 heavy (non-hydrogen) atoms. The summed E-state index contributed by atoms with van der Waals surface area (Å²) in [6, 6.07) is 23.1. The molecule has 6 nitrogen and oxygen atoms in total. The molecule has 0 saturated carbocycles. The van der Waals surface area contributed by atoms with Crippen LogP contribution in [0.15, 0.2) is 78.9 Å². The van der Waals surface area contributed by atoms with E-state index in [1.165, 1.54) is 18.2 Å². The molecule has 0 radical (unpaired) electrons. The van der Waals surface area contributed by atoms with Crippen molar-refractivity contribution in [2.75, 3.05) is 17.2 Å². The van der Waals surface area contributed by atoms with Crippen LogP contribution in [0.5, 0.6) is 5.75 Å². The number of ether oxygens (including phenoxy) is 1. The van der Waals surface area contributed by atoms with E-state index in [2.05, 4.69) is 20.7 Å². The zero-order chi connectivity index (χ0) is 24.2. The van der Waals surface area contributed by atoms with E-state index in [0.29, 0.717) is 31.5 Å². The molecule has 178 valence electrons. The van der Waals surface area contributed by atoms with E-state index >= 15 is 0 Å². The molecule has 0 aromatic heterocycles. The molecule has 0 aliphatic rings. The molecule has 0 saturated heterocycles. The van der Waals surface area contributed by atoms with Gasteiger partial charge in [-0.05, 0) is 49.2 Å². The van der Waals surface area contributed by atoms with Crippen molar-refractivity contribution in [2.24, 2.45) is 0 Å². The van der Waals surface area contributed by atoms with E-state index in [0.717, 1.165) is 17.8 Å². The molecule has 0 atom stereocenters. The van der Waals surface area contributed by atoms with Crippen molar-refractivity contribution in [1.29, 1.82) is 0 Å². The fourth-order valence-electron chi connectivity index (χ4n) is 3.33. The van der Waals surface area contributed by atoms with Gasteiger partial charge in [-0.1, -0.05) is 48.9 Å². The summed E-state index contributed by atoms with van der Waals surface area (Å²) in [5.41, 5.74) is 2.49. The molecule has 3 N–H and O–H groups in total. The Morgan fingerprint density at radius 2 is 1.47 bits per heavy atom. The number of carbonyl (C=O) groups excluding carboxylic acids is 2. The average Bonchev–Trinajstić information content (AvgIpc) is 2.83. The first-order valence-corrected chi connectivity index (χ1v) is 11.1. The predicted molar refractivity (Wildman–Crippen MR) is 129 cm³/mol. The van der Waals surface area contributed by atoms with Gasteiger partial charge >= 0.3 is 6.61 Å². The van der Waals surface area contributed by atoms with Crippen LogP contribution in [0.3, 0.4) is 0 Å². The van der Waals surface area contributed by atoms with E-state index < -0.39 is 12.5 Å². The van der Waals surface area contributed by atoms with Gasteiger partial charge in [0.2, 0.25) is 5.91 Å². The number of para-hydroxylation sites is 4. The normalized spacial score (nSPS) is 10.6. The summed E-state index contributed by atoms with van der Waals surface area (Å²) in [7, 11) is 0. The molecule has 0 aliphatic heterocycles. The molecule has 8 heteroatoms. The van der Waals surface area contributed by atoms with Gasteiger partial charge in [0.1, 0.15) is 5.75 Å². The van der Waals surface area contributed by atoms with Crippen LogP contribution in [0.1, 0.15) is 36.0 Å². The molecular weight excluding hydrogens is 440 g/mol. The van der Waals surface area contributed by atoms with Crippen molar-refractivity contribution in [3.05, 3.63) is 84.4 Å². The number of halogens is 2. The third-order valence-corrected chi connectivity index (χ3v) is 4.97. The van der Waals surface area contributed by atoms with Gasteiger partial charge in [-0.3, -0.25) is 9.59 Å². The van der Waals surface area contributed by atoms with Crippen molar-refractivity contribution < 1.29 is 23.1 Å². The van der Waals surface area contributed by atoms with E-state index in [-0.39, 0.29) is 17.2 Å². The monoisotopic (exact) mass is 467 g/mol. The summed E-state index contributed by atoms with van der Waals surface area (Å²) in [4.78, 5) is 24.6. The summed E-state index contributed by atoms with van der Waals surface area (Å²) in [6.07, 6.45) is 2.38. The smallest absolute Gasteiger partial charge is 0.387 e. The van der Waals surface area contributed by atoms with E-state index in [4.69, 9.17) is 0 Å². The first-order chi connectivity index (χ1) is 16.5. The summed E-state index contributed by atoms with van der Waals surface area (Å²) in [5.74, 6) is -0.727. The highest BCUT2D eigenvalue weighted by Crippen LogP contribution is 2.25. The second kappa shape index (κ2) is 12.9. The third-order valence-electron chi connectivity index (χ3n) is 4.97. The van der Waals surface area contributed by atoms with Gasteiger partial charge in [-0.25, -0.2) is 0 Å². The molecule has 0 heterocycles. The lowest BCUT2D eigenvalue weighted by atomic mass is 10.1. The van der Waals surface area contributed by atoms with Crippen molar-refractivity contribution in [1.82, 2.24) is 5.32 Å². The Bertz CT molecular complexity index is 1080. The molecule has 0 bridgehead atoms. The minimum Gasteiger partial charge on any atom is -0.434 e. The lowest BCUT2D eigenvalue weighted by molar-refractivity contribution is -0.116. The lowest BCUT2D eigenvalue weighted by Crippen LogP contribution is -2.25. The van der Waals surface area contributed by atoms with Gasteiger partial charge < -0.3 is 20.7 Å². The molecule has 3 aromatic rings. The average molecular weight is 468 g/mol. The fraction of sp³-hybridized carbons (Fsp3) is 0.231. The van der Waals surface area contributed by atoms with Crippen molar-refractivity contribution >= 4 is 28.9 Å². The minimum atomic E-state index is -3.00. The van der Waals surface area contributed by atoms with Gasteiger partial charge in [-0.15, -0.1) is 0 Å². The van der Waals surface area contributed by atoms with Crippen LogP contribution < -0.4 is 20.7 Å². The number of carbonyl (C=O) groups is 2. The topological polar surface area (TPSA) is 79.5 Å². The quantitative estimate of drug-likeness (QED) is 0.287. The van der Waals surface area contributed by atoms with Gasteiger partial charge in [0.15, 0.2) is 0 Å². The molecule has 0 fully saturated rings. The van der Waals surface area contributed by atoms with Crippen LogP contribution in [0.4, 0.5) is 25.8 Å². The number of amides is 2. The second-order valence-corrected chi connectivity index (χ2v) is 7.53. The van der Waals surface area contributed by atoms with Crippen LogP contribution in [0.2, 0.25) is 0 Å². The highest BCUT2D eigenvalue weighted by molar-refractivity contribution is 5.97. The Balaban J connectivity index is 1.38. The van der Waals surface area contributed by atoms with Crippen molar-refractivity contribution in [3.8, 4) is 5.75 Å². The maximum Gasteiger partial charge on any atom is 0.387 e. The van der Waals surface area contributed by atoms with Gasteiger partial charge in [0, 0.05) is 18.7 Å². The molecule has 0 unspecified atom stereocenters. The standard InChI is InChI=1S/C26H27F2N3O3/c27-26(28)34-23-16-9-6-13-20(23)25(33)29-18-10-2-5-17-24(32)31-22-15-8-7-14-21(22)30-19-11-3-1-4-12-19/h1,3-4,6-9,11-16,26,30H,2,5,10,17-18H2,(H,29,33)(H,31,32). The first kappa shape index (κ1) is 24.7. The molecule has 0 spiro atoms. The van der Waals surface area contributed by atoms with Gasteiger partial charge in [-0.2, -0.15) is 8.78 Å².